The van der Waals surface area contributed by atoms with Gasteiger partial charge in [-0.15, -0.1) is 0 Å². The van der Waals surface area contributed by atoms with E-state index < -0.39 is 0 Å². The van der Waals surface area contributed by atoms with E-state index in [2.05, 4.69) is 9.45 Å². The van der Waals surface area contributed by atoms with Gasteiger partial charge in [-0.2, -0.15) is 4.14 Å². The molecule has 0 amide bonds. The quantitative estimate of drug-likeness (QED) is 0.791. The normalized spacial score (nSPS) is 10.3. The summed E-state index contributed by atoms with van der Waals surface area (Å²) in [6.45, 7) is 0. The number of nitrogens with one attached hydrogen (secondary N) is 1. The van der Waals surface area contributed by atoms with E-state index in [-0.39, 0.29) is 0 Å². The second kappa shape index (κ2) is 3.65. The lowest BCUT2D eigenvalue weighted by Crippen LogP contribution is -1.84. The molecule has 1 aromatic carbocycles. The summed E-state index contributed by atoms with van der Waals surface area (Å²) in [5.74, 6) is 0. The molecule has 0 saturated carbocycles. The summed E-state index contributed by atoms with van der Waals surface area (Å²) < 4.78 is 4.09. The van der Waals surface area contributed by atoms with Gasteiger partial charge in [0.1, 0.15) is 0 Å². The molecule has 2 aromatic rings. The largest absolute Gasteiger partial charge is 0.350 e. The average molecular weight is 194 g/mol. The zero-order valence-electron chi connectivity index (χ0n) is 6.27. The van der Waals surface area contributed by atoms with Crippen LogP contribution in [0.3, 0.4) is 0 Å². The molecule has 1 N–H and O–H groups in total. The van der Waals surface area contributed by atoms with E-state index in [4.69, 9.17) is 0 Å². The van der Waals surface area contributed by atoms with Crippen molar-refractivity contribution in [1.29, 1.82) is 0 Å². The van der Waals surface area contributed by atoms with Crippen LogP contribution in [-0.2, 0) is 0 Å². The Morgan fingerprint density at radius 2 is 2.08 bits per heavy atom. The number of para-hydroxylation sites is 1. The molecule has 0 saturated heterocycles. The average Bonchev–Trinajstić information content (AvgIpc) is 2.59. The first-order valence-electron chi connectivity index (χ1n) is 3.54. The zero-order valence-corrected chi connectivity index (χ0v) is 7.98. The molecule has 0 spiro atoms. The number of nitrogens with zero attached hydrogens (tertiary/aromatic N) is 1. The van der Waals surface area contributed by atoms with Crippen LogP contribution in [0.5, 0.6) is 0 Å². The summed E-state index contributed by atoms with van der Waals surface area (Å²) in [4.78, 5) is 0. The first kappa shape index (κ1) is 7.71. The maximum absolute atomic E-state index is 4.09. The Morgan fingerprint density at radius 1 is 1.25 bits per heavy atom. The SMILES string of the molecule is c1ccc(Nc2csnp2)cc1. The van der Waals surface area contributed by atoms with Crippen molar-refractivity contribution in [2.45, 2.75) is 0 Å². The van der Waals surface area contributed by atoms with Gasteiger partial charge < -0.3 is 5.32 Å². The van der Waals surface area contributed by atoms with E-state index in [1.54, 1.807) is 0 Å². The molecule has 1 aromatic heterocycles. The Hall–Kier alpha value is -0.920. The van der Waals surface area contributed by atoms with Crippen LogP contribution in [0.15, 0.2) is 35.7 Å². The maximum Gasteiger partial charge on any atom is 0.0981 e. The van der Waals surface area contributed by atoms with E-state index >= 15 is 0 Å². The van der Waals surface area contributed by atoms with Gasteiger partial charge in [0.15, 0.2) is 0 Å². The lowest BCUT2D eigenvalue weighted by molar-refractivity contribution is 1.62. The number of hydrogen-bond donors (Lipinski definition) is 1. The van der Waals surface area contributed by atoms with Crippen molar-refractivity contribution >= 4 is 31.0 Å². The summed E-state index contributed by atoms with van der Waals surface area (Å²) in [6.07, 6.45) is 0. The first-order valence-corrected chi connectivity index (χ1v) is 5.23. The zero-order chi connectivity index (χ0) is 8.23. The van der Waals surface area contributed by atoms with Crippen molar-refractivity contribution in [3.8, 4) is 0 Å². The minimum absolute atomic E-state index is 1.02. The third kappa shape index (κ3) is 1.81. The lowest BCUT2D eigenvalue weighted by Gasteiger charge is -2.00. The Bertz CT molecular complexity index is 333. The molecule has 0 unspecified atom stereocenters. The van der Waals surface area contributed by atoms with Crippen LogP contribution in [0, 0.1) is 0 Å². The summed E-state index contributed by atoms with van der Waals surface area (Å²) in [7, 11) is 1.02. The molecule has 60 valence electrons. The summed E-state index contributed by atoms with van der Waals surface area (Å²) in [5, 5.41) is 5.30. The fourth-order valence-electron chi connectivity index (χ4n) is 0.888. The Labute approximate surface area is 76.6 Å². The third-order valence-electron chi connectivity index (χ3n) is 1.41. The number of aromatic nitrogens is 1. The van der Waals surface area contributed by atoms with Crippen LogP contribution in [0.4, 0.5) is 11.1 Å². The molecule has 12 heavy (non-hydrogen) atoms. The summed E-state index contributed by atoms with van der Waals surface area (Å²) >= 11 is 1.49. The van der Waals surface area contributed by atoms with Crippen LogP contribution in [0.1, 0.15) is 0 Å². The highest BCUT2D eigenvalue weighted by atomic mass is 32.1. The number of benzene rings is 1. The van der Waals surface area contributed by atoms with E-state index in [1.807, 2.05) is 35.7 Å². The Balaban J connectivity index is 2.15. The van der Waals surface area contributed by atoms with Gasteiger partial charge in [0.25, 0.3) is 0 Å². The maximum atomic E-state index is 4.09. The third-order valence-corrected chi connectivity index (χ3v) is 3.08. The Kier molecular flexibility index (Phi) is 2.35. The van der Waals surface area contributed by atoms with Crippen molar-refractivity contribution in [2.24, 2.45) is 0 Å². The van der Waals surface area contributed by atoms with Crippen LogP contribution < -0.4 is 5.32 Å². The molecule has 2 nitrogen and oxygen atoms in total. The van der Waals surface area contributed by atoms with Crippen molar-refractivity contribution in [1.82, 2.24) is 4.14 Å². The minimum atomic E-state index is 1.02. The predicted molar refractivity (Wildman–Crippen MR) is 54.4 cm³/mol. The van der Waals surface area contributed by atoms with Crippen LogP contribution in [-0.4, -0.2) is 4.14 Å². The van der Waals surface area contributed by atoms with Gasteiger partial charge >= 0.3 is 0 Å². The van der Waals surface area contributed by atoms with Crippen LogP contribution in [0.2, 0.25) is 0 Å². The van der Waals surface area contributed by atoms with Crippen LogP contribution in [0.25, 0.3) is 0 Å². The summed E-state index contributed by atoms with van der Waals surface area (Å²) in [5.41, 5.74) is 2.26. The van der Waals surface area contributed by atoms with Gasteiger partial charge in [0.2, 0.25) is 0 Å². The van der Waals surface area contributed by atoms with Gasteiger partial charge in [-0.05, 0) is 23.7 Å². The molecule has 0 aliphatic rings. The molecule has 0 bridgehead atoms. The van der Waals surface area contributed by atoms with Gasteiger partial charge in [-0.1, -0.05) is 18.2 Å². The van der Waals surface area contributed by atoms with E-state index in [9.17, 15) is 0 Å². The van der Waals surface area contributed by atoms with E-state index in [1.165, 1.54) is 11.5 Å². The number of anilines is 2. The molecule has 0 fully saturated rings. The van der Waals surface area contributed by atoms with Gasteiger partial charge in [0.05, 0.1) is 13.8 Å². The lowest BCUT2D eigenvalue weighted by atomic mass is 10.3. The number of hydrogen-bond acceptors (Lipinski definition) is 3. The molecule has 1 heterocycles. The monoisotopic (exact) mass is 194 g/mol. The molecule has 0 radical (unpaired) electrons. The second-order valence-corrected chi connectivity index (χ2v) is 4.06. The van der Waals surface area contributed by atoms with Crippen molar-refractivity contribution < 1.29 is 0 Å². The Morgan fingerprint density at radius 3 is 2.75 bits per heavy atom. The topological polar surface area (TPSA) is 24.9 Å². The summed E-state index contributed by atoms with van der Waals surface area (Å²) in [6, 6.07) is 10.1. The fourth-order valence-corrected chi connectivity index (χ4v) is 2.29. The highest BCUT2D eigenvalue weighted by Gasteiger charge is 1.93. The van der Waals surface area contributed by atoms with E-state index in [0.29, 0.717) is 0 Å². The van der Waals surface area contributed by atoms with Gasteiger partial charge in [0, 0.05) is 11.1 Å². The highest BCUT2D eigenvalue weighted by Crippen LogP contribution is 2.24. The molecule has 0 aliphatic heterocycles. The van der Waals surface area contributed by atoms with E-state index in [0.717, 1.165) is 19.5 Å². The first-order chi connectivity index (χ1) is 5.95. The van der Waals surface area contributed by atoms with Crippen molar-refractivity contribution in [2.75, 3.05) is 5.32 Å². The molecular weight excluding hydrogens is 187 g/mol. The molecule has 4 heteroatoms. The smallest absolute Gasteiger partial charge is 0.0981 e. The molecule has 0 atom stereocenters. The molecule has 2 rings (SSSR count). The predicted octanol–water partition coefficient (Wildman–Crippen LogP) is 3.47. The van der Waals surface area contributed by atoms with Crippen molar-refractivity contribution in [3.63, 3.8) is 0 Å². The molecular formula is C8H7N2PS. The second-order valence-electron chi connectivity index (χ2n) is 2.28. The standard InChI is InChI=1S/C8H7N2PS/c1-2-4-7(5-3-1)9-8-6-12-10-11-8/h1-6,9H. The minimum Gasteiger partial charge on any atom is -0.350 e. The van der Waals surface area contributed by atoms with Gasteiger partial charge in [-0.25, -0.2) is 0 Å². The van der Waals surface area contributed by atoms with Crippen molar-refractivity contribution in [3.05, 3.63) is 35.7 Å². The fraction of sp³-hybridized carbons (Fsp3) is 0. The molecule has 0 aliphatic carbocycles. The van der Waals surface area contributed by atoms with Crippen LogP contribution >= 0.6 is 19.9 Å². The highest BCUT2D eigenvalue weighted by molar-refractivity contribution is 7.37. The number of rotatable bonds is 2. The van der Waals surface area contributed by atoms with Gasteiger partial charge in [-0.3, -0.25) is 0 Å².